The maximum absolute atomic E-state index is 13.1. The molecule has 1 saturated heterocycles. The van der Waals surface area contributed by atoms with Crippen LogP contribution in [0, 0.1) is 5.92 Å². The molecule has 3 aliphatic carbocycles. The largest absolute Gasteiger partial charge is 0.504 e. The van der Waals surface area contributed by atoms with E-state index in [1.807, 2.05) is 6.07 Å². The summed E-state index contributed by atoms with van der Waals surface area (Å²) in [6.07, 6.45) is 4.40. The molecule has 33 heavy (non-hydrogen) atoms. The lowest BCUT2D eigenvalue weighted by atomic mass is 9.48. The van der Waals surface area contributed by atoms with Crippen molar-refractivity contribution in [1.29, 1.82) is 0 Å². The Balaban J connectivity index is 1.38. The molecule has 3 fully saturated rings. The van der Waals surface area contributed by atoms with Gasteiger partial charge in [-0.2, -0.15) is 0 Å². The van der Waals surface area contributed by atoms with Crippen LogP contribution in [0.3, 0.4) is 0 Å². The second kappa shape index (κ2) is 6.19. The molecule has 1 aromatic carbocycles. The quantitative estimate of drug-likeness (QED) is 0.685. The molecule has 7 heteroatoms. The van der Waals surface area contributed by atoms with E-state index < -0.39 is 23.2 Å². The van der Waals surface area contributed by atoms with E-state index >= 15 is 0 Å². The molecule has 3 aliphatic heterocycles. The first-order valence-corrected chi connectivity index (χ1v) is 12.3. The van der Waals surface area contributed by atoms with E-state index in [-0.39, 0.29) is 23.6 Å². The fourth-order valence-electron chi connectivity index (χ4n) is 7.80. The van der Waals surface area contributed by atoms with E-state index in [0.29, 0.717) is 36.2 Å². The summed E-state index contributed by atoms with van der Waals surface area (Å²) in [7, 11) is 0. The summed E-state index contributed by atoms with van der Waals surface area (Å²) in [6, 6.07) is 3.17. The lowest BCUT2D eigenvalue weighted by Gasteiger charge is -2.64. The molecular weight excluding hydrogens is 420 g/mol. The number of imide groups is 1. The van der Waals surface area contributed by atoms with Crippen LogP contribution in [-0.2, 0) is 21.4 Å². The molecule has 174 valence electrons. The third kappa shape index (κ3) is 2.23. The number of phenols is 1. The number of aliphatic hydroxyl groups is 1. The molecule has 2 bridgehead atoms. The number of hydrogen-bond donors (Lipinski definition) is 2. The van der Waals surface area contributed by atoms with E-state index in [0.717, 1.165) is 36.6 Å². The number of rotatable bonds is 3. The molecule has 5 atom stereocenters. The van der Waals surface area contributed by atoms with Gasteiger partial charge in [-0.25, -0.2) is 0 Å². The van der Waals surface area contributed by atoms with E-state index in [4.69, 9.17) is 4.74 Å². The highest BCUT2D eigenvalue weighted by atomic mass is 16.5. The van der Waals surface area contributed by atoms with Crippen molar-refractivity contribution in [3.63, 3.8) is 0 Å². The number of likely N-dealkylation sites (tertiary alicyclic amines) is 1. The van der Waals surface area contributed by atoms with Gasteiger partial charge in [0.2, 0.25) is 0 Å². The van der Waals surface area contributed by atoms with E-state index in [1.54, 1.807) is 19.9 Å². The number of carbonyl (C=O) groups is 2. The third-order valence-corrected chi connectivity index (χ3v) is 9.70. The summed E-state index contributed by atoms with van der Waals surface area (Å²) >= 11 is 0. The Kier molecular flexibility index (Phi) is 3.76. The van der Waals surface area contributed by atoms with Crippen LogP contribution in [0.2, 0.25) is 0 Å². The molecule has 1 unspecified atom stereocenters. The average Bonchev–Trinajstić information content (AvgIpc) is 3.50. The van der Waals surface area contributed by atoms with E-state index in [2.05, 4.69) is 4.90 Å². The van der Waals surface area contributed by atoms with Crippen LogP contribution >= 0.6 is 0 Å². The van der Waals surface area contributed by atoms with Crippen LogP contribution in [0.25, 0.3) is 0 Å². The monoisotopic (exact) mass is 450 g/mol. The highest BCUT2D eigenvalue weighted by Crippen LogP contribution is 2.66. The minimum absolute atomic E-state index is 0.0199. The molecule has 7 nitrogen and oxygen atoms in total. The van der Waals surface area contributed by atoms with Gasteiger partial charge in [0, 0.05) is 29.3 Å². The topological polar surface area (TPSA) is 90.3 Å². The van der Waals surface area contributed by atoms with Crippen molar-refractivity contribution >= 4 is 11.8 Å². The SMILES string of the molecule is CC1=C(C)C(=O)N([C@H]2CCC3(O)[C@H]4Cc5ccc(O)c6c5[C@@]3(CCN4CC3CC3)[C@H]2O6)C1=O. The second-order valence-electron chi connectivity index (χ2n) is 11.1. The van der Waals surface area contributed by atoms with Gasteiger partial charge in [0.15, 0.2) is 11.5 Å². The molecule has 2 N–H and O–H groups in total. The molecule has 1 aromatic rings. The molecule has 1 spiro atoms. The normalized spacial score (nSPS) is 39.2. The second-order valence-corrected chi connectivity index (χ2v) is 11.1. The van der Waals surface area contributed by atoms with Gasteiger partial charge in [0.05, 0.1) is 17.1 Å². The van der Waals surface area contributed by atoms with Gasteiger partial charge in [0.25, 0.3) is 11.8 Å². The van der Waals surface area contributed by atoms with Gasteiger partial charge >= 0.3 is 0 Å². The fraction of sp³-hybridized carbons (Fsp3) is 0.615. The predicted octanol–water partition coefficient (Wildman–Crippen LogP) is 2.03. The van der Waals surface area contributed by atoms with Crippen molar-refractivity contribution in [2.24, 2.45) is 5.92 Å². The van der Waals surface area contributed by atoms with Crippen LogP contribution in [0.1, 0.15) is 57.1 Å². The molecule has 2 saturated carbocycles. The van der Waals surface area contributed by atoms with Crippen LogP contribution in [0.15, 0.2) is 23.3 Å². The van der Waals surface area contributed by atoms with Gasteiger partial charge in [-0.1, -0.05) is 6.07 Å². The molecule has 7 rings (SSSR count). The van der Waals surface area contributed by atoms with Gasteiger partial charge in [-0.3, -0.25) is 19.4 Å². The van der Waals surface area contributed by atoms with Crippen LogP contribution in [-0.4, -0.2) is 68.7 Å². The van der Waals surface area contributed by atoms with E-state index in [9.17, 15) is 19.8 Å². The first-order valence-electron chi connectivity index (χ1n) is 12.3. The summed E-state index contributed by atoms with van der Waals surface area (Å²) in [5, 5.41) is 23.2. The Hall–Kier alpha value is -2.38. The zero-order valence-electron chi connectivity index (χ0n) is 19.1. The van der Waals surface area contributed by atoms with Crippen LogP contribution in [0.4, 0.5) is 0 Å². The maximum Gasteiger partial charge on any atom is 0.257 e. The minimum Gasteiger partial charge on any atom is -0.504 e. The van der Waals surface area contributed by atoms with Crippen molar-refractivity contribution in [2.75, 3.05) is 13.1 Å². The Bertz CT molecular complexity index is 1130. The van der Waals surface area contributed by atoms with Crippen molar-refractivity contribution in [3.8, 4) is 11.5 Å². The zero-order chi connectivity index (χ0) is 22.9. The van der Waals surface area contributed by atoms with Crippen LogP contribution in [0.5, 0.6) is 11.5 Å². The molecule has 6 aliphatic rings. The van der Waals surface area contributed by atoms with Gasteiger partial charge in [-0.05, 0) is 76.5 Å². The van der Waals surface area contributed by atoms with Gasteiger partial charge in [-0.15, -0.1) is 0 Å². The molecule has 0 radical (unpaired) electrons. The standard InChI is InChI=1S/C26H30N2O5/c1-13-14(2)24(31)28(23(13)30)17-7-8-26(32)19-11-16-5-6-18(29)21-20(16)25(26,22(17)33-21)9-10-27(19)12-15-3-4-15/h5-6,15,17,19,22,29,32H,3-4,7-12H2,1-2H3/t17-,19+,22-,25-,26?/m0/s1. The van der Waals surface area contributed by atoms with Crippen molar-refractivity contribution < 1.29 is 24.5 Å². The first kappa shape index (κ1) is 20.0. The number of carbonyl (C=O) groups excluding carboxylic acids is 2. The van der Waals surface area contributed by atoms with Gasteiger partial charge < -0.3 is 14.9 Å². The maximum atomic E-state index is 13.1. The molecule has 2 amide bonds. The average molecular weight is 451 g/mol. The third-order valence-electron chi connectivity index (χ3n) is 9.70. The minimum atomic E-state index is -1.02. The number of ether oxygens (including phenoxy) is 1. The summed E-state index contributed by atoms with van der Waals surface area (Å²) in [4.78, 5) is 30.1. The van der Waals surface area contributed by atoms with Crippen molar-refractivity contribution in [3.05, 3.63) is 34.4 Å². The smallest absolute Gasteiger partial charge is 0.257 e. The summed E-state index contributed by atoms with van der Waals surface area (Å²) in [6.45, 7) is 5.27. The molecule has 0 aromatic heterocycles. The Labute approximate surface area is 193 Å². The van der Waals surface area contributed by atoms with Crippen molar-refractivity contribution in [2.45, 2.75) is 81.6 Å². The zero-order valence-corrected chi connectivity index (χ0v) is 19.1. The predicted molar refractivity (Wildman–Crippen MR) is 119 cm³/mol. The van der Waals surface area contributed by atoms with Crippen LogP contribution < -0.4 is 4.74 Å². The number of nitrogens with zero attached hydrogens (tertiary/aromatic N) is 2. The summed E-state index contributed by atoms with van der Waals surface area (Å²) in [5.74, 6) is 0.724. The molecule has 3 heterocycles. The highest BCUT2D eigenvalue weighted by molar-refractivity contribution is 6.19. The number of hydrogen-bond acceptors (Lipinski definition) is 6. The summed E-state index contributed by atoms with van der Waals surface area (Å²) < 4.78 is 6.50. The Morgan fingerprint density at radius 1 is 1.09 bits per heavy atom. The highest BCUT2D eigenvalue weighted by Gasteiger charge is 2.74. The number of piperidine rings is 1. The van der Waals surface area contributed by atoms with Gasteiger partial charge in [0.1, 0.15) is 6.10 Å². The van der Waals surface area contributed by atoms with E-state index in [1.165, 1.54) is 17.7 Å². The number of benzene rings is 1. The fourth-order valence-corrected chi connectivity index (χ4v) is 7.80. The number of amides is 2. The lowest BCUT2D eigenvalue weighted by molar-refractivity contribution is -0.201. The first-order chi connectivity index (χ1) is 15.8. The summed E-state index contributed by atoms with van der Waals surface area (Å²) in [5.41, 5.74) is 1.26. The van der Waals surface area contributed by atoms with Crippen molar-refractivity contribution in [1.82, 2.24) is 9.80 Å². The molecular formula is C26H30N2O5. The number of phenolic OH excluding ortho intramolecular Hbond substituents is 1. The number of aromatic hydroxyl groups is 1. The Morgan fingerprint density at radius 3 is 2.52 bits per heavy atom. The Morgan fingerprint density at radius 2 is 1.82 bits per heavy atom. The lowest BCUT2D eigenvalue weighted by Crippen LogP contribution is -2.78.